The summed E-state index contributed by atoms with van der Waals surface area (Å²) in [5.41, 5.74) is -2.05. The van der Waals surface area contributed by atoms with Crippen LogP contribution in [0.15, 0.2) is 60.4 Å². The highest BCUT2D eigenvalue weighted by molar-refractivity contribution is 6.33. The molecule has 0 bridgehead atoms. The van der Waals surface area contributed by atoms with Gasteiger partial charge >= 0.3 is 6.18 Å². The summed E-state index contributed by atoms with van der Waals surface area (Å²) in [4.78, 5) is 1.39. The van der Waals surface area contributed by atoms with Gasteiger partial charge in [-0.3, -0.25) is 0 Å². The van der Waals surface area contributed by atoms with Crippen molar-refractivity contribution in [1.29, 1.82) is 0 Å². The molecule has 0 spiro atoms. The van der Waals surface area contributed by atoms with E-state index in [1.165, 1.54) is 11.0 Å². The van der Waals surface area contributed by atoms with Crippen LogP contribution in [0.5, 0.6) is 5.75 Å². The molecule has 34 heavy (non-hydrogen) atoms. The summed E-state index contributed by atoms with van der Waals surface area (Å²) in [7, 11) is 0. The number of alkyl halides is 4. The molecule has 1 aliphatic rings. The minimum Gasteiger partial charge on any atom is -0.492 e. The normalized spacial score (nSPS) is 19.4. The molecule has 0 saturated heterocycles. The number of aliphatic hydroxyl groups excluding tert-OH is 1. The van der Waals surface area contributed by atoms with Crippen molar-refractivity contribution in [2.24, 2.45) is 0 Å². The summed E-state index contributed by atoms with van der Waals surface area (Å²) in [6, 6.07) is 8.11. The van der Waals surface area contributed by atoms with E-state index in [0.717, 1.165) is 19.1 Å². The molecule has 3 rings (SSSR count). The molecular weight excluding hydrogens is 474 g/mol. The molecule has 0 saturated carbocycles. The summed E-state index contributed by atoms with van der Waals surface area (Å²) < 4.78 is 67.7. The predicted octanol–water partition coefficient (Wildman–Crippen LogP) is 6.82. The van der Waals surface area contributed by atoms with Crippen molar-refractivity contribution in [1.82, 2.24) is 0 Å². The Morgan fingerprint density at radius 2 is 1.97 bits per heavy atom. The Morgan fingerprint density at radius 1 is 1.26 bits per heavy atom. The van der Waals surface area contributed by atoms with Crippen LogP contribution in [0.3, 0.4) is 0 Å². The molecule has 0 aliphatic carbocycles. The lowest BCUT2D eigenvalue weighted by Crippen LogP contribution is -2.37. The molecule has 2 aromatic carbocycles. The summed E-state index contributed by atoms with van der Waals surface area (Å²) >= 11 is 6.57. The van der Waals surface area contributed by atoms with E-state index in [2.05, 4.69) is 6.58 Å². The van der Waals surface area contributed by atoms with E-state index in [9.17, 15) is 18.3 Å². The standard InChI is InChI=1S/C25H26ClF4NO3/c1-5-17-13-34-23(18-8-7-9-21(22(18)26)33-6-2)19-12-16(25(28,29)30)10-11-20(19)31(17)15(3)24(4,27)14-32/h5,7-12,23,32H,3,6,13-14H2,1-2,4H3/b17-5-/t23-,24?/m1/s1. The van der Waals surface area contributed by atoms with Gasteiger partial charge in [0.25, 0.3) is 0 Å². The number of hydrogen-bond donors (Lipinski definition) is 1. The summed E-state index contributed by atoms with van der Waals surface area (Å²) in [5, 5.41) is 9.78. The van der Waals surface area contributed by atoms with Crippen LogP contribution in [-0.2, 0) is 10.9 Å². The van der Waals surface area contributed by atoms with Crippen molar-refractivity contribution < 1.29 is 32.1 Å². The summed E-state index contributed by atoms with van der Waals surface area (Å²) in [6.07, 6.45) is -3.98. The van der Waals surface area contributed by atoms with Gasteiger partial charge in [0.15, 0.2) is 5.67 Å². The van der Waals surface area contributed by atoms with Crippen LogP contribution >= 0.6 is 11.6 Å². The first kappa shape index (κ1) is 26.1. The first-order valence-electron chi connectivity index (χ1n) is 10.6. The Morgan fingerprint density at radius 3 is 2.56 bits per heavy atom. The number of allylic oxidation sites excluding steroid dienone is 1. The molecule has 4 nitrogen and oxygen atoms in total. The third-order valence-corrected chi connectivity index (χ3v) is 6.05. The Hall–Kier alpha value is -2.55. The van der Waals surface area contributed by atoms with E-state index < -0.39 is 30.1 Å². The fraction of sp³-hybridized carbons (Fsp3) is 0.360. The van der Waals surface area contributed by atoms with Crippen molar-refractivity contribution in [2.45, 2.75) is 38.7 Å². The largest absolute Gasteiger partial charge is 0.492 e. The highest BCUT2D eigenvalue weighted by atomic mass is 35.5. The molecule has 1 heterocycles. The summed E-state index contributed by atoms with van der Waals surface area (Å²) in [6.45, 7) is 7.85. The van der Waals surface area contributed by atoms with Crippen molar-refractivity contribution in [3.05, 3.63) is 82.2 Å². The van der Waals surface area contributed by atoms with Gasteiger partial charge in [-0.1, -0.05) is 36.4 Å². The first-order valence-corrected chi connectivity index (χ1v) is 11.0. The zero-order chi connectivity index (χ0) is 25.3. The molecule has 1 N–H and O–H groups in total. The smallest absolute Gasteiger partial charge is 0.416 e. The number of ether oxygens (including phenoxy) is 2. The molecule has 0 amide bonds. The van der Waals surface area contributed by atoms with E-state index in [1.807, 2.05) is 0 Å². The van der Waals surface area contributed by atoms with Crippen LogP contribution < -0.4 is 9.64 Å². The van der Waals surface area contributed by atoms with Crippen molar-refractivity contribution in [2.75, 3.05) is 24.7 Å². The Labute approximate surface area is 201 Å². The van der Waals surface area contributed by atoms with Gasteiger partial charge in [0.1, 0.15) is 11.9 Å². The summed E-state index contributed by atoms with van der Waals surface area (Å²) in [5.74, 6) is 0.368. The average Bonchev–Trinajstić information content (AvgIpc) is 2.95. The number of hydrogen-bond acceptors (Lipinski definition) is 4. The molecule has 184 valence electrons. The molecule has 1 unspecified atom stereocenters. The lowest BCUT2D eigenvalue weighted by molar-refractivity contribution is -0.137. The van der Waals surface area contributed by atoms with Crippen molar-refractivity contribution in [3.8, 4) is 5.75 Å². The van der Waals surface area contributed by atoms with Gasteiger partial charge < -0.3 is 19.5 Å². The van der Waals surface area contributed by atoms with Crippen LogP contribution in [0.1, 0.15) is 43.6 Å². The zero-order valence-electron chi connectivity index (χ0n) is 19.0. The lowest BCUT2D eigenvalue weighted by atomic mass is 9.95. The van der Waals surface area contributed by atoms with E-state index in [0.29, 0.717) is 23.6 Å². The van der Waals surface area contributed by atoms with Crippen LogP contribution in [0.25, 0.3) is 0 Å². The maximum atomic E-state index is 15.1. The molecule has 0 aromatic heterocycles. The fourth-order valence-electron chi connectivity index (χ4n) is 3.73. The highest BCUT2D eigenvalue weighted by Gasteiger charge is 2.39. The second-order valence-corrected chi connectivity index (χ2v) is 8.35. The van der Waals surface area contributed by atoms with E-state index >= 15 is 4.39 Å². The lowest BCUT2D eigenvalue weighted by Gasteiger charge is -2.34. The minimum atomic E-state index is -4.62. The Balaban J connectivity index is 2.30. The fourth-order valence-corrected chi connectivity index (χ4v) is 4.01. The molecule has 2 aromatic rings. The predicted molar refractivity (Wildman–Crippen MR) is 124 cm³/mol. The topological polar surface area (TPSA) is 41.9 Å². The third kappa shape index (κ3) is 4.94. The minimum absolute atomic E-state index is 0.0765. The molecule has 2 atom stereocenters. The van der Waals surface area contributed by atoms with Gasteiger partial charge in [0.2, 0.25) is 0 Å². The quantitative estimate of drug-likeness (QED) is 0.443. The van der Waals surface area contributed by atoms with Crippen LogP contribution in [0.4, 0.5) is 23.2 Å². The number of aliphatic hydroxyl groups is 1. The van der Waals surface area contributed by atoms with E-state index in [1.54, 1.807) is 38.1 Å². The highest BCUT2D eigenvalue weighted by Crippen LogP contribution is 2.46. The van der Waals surface area contributed by atoms with E-state index in [-0.39, 0.29) is 28.6 Å². The molecule has 0 radical (unpaired) electrons. The van der Waals surface area contributed by atoms with Gasteiger partial charge in [0.05, 0.1) is 41.8 Å². The van der Waals surface area contributed by atoms with Gasteiger partial charge in [-0.05, 0) is 45.0 Å². The number of halogens is 5. The monoisotopic (exact) mass is 499 g/mol. The number of rotatable bonds is 6. The number of benzene rings is 2. The third-order valence-electron chi connectivity index (χ3n) is 5.64. The Bertz CT molecular complexity index is 1100. The number of anilines is 1. The SMILES string of the molecule is C=C(N1/C(=C\C)CO[C@H](c2cccc(OCC)c2Cl)c2cc(C(F)(F)F)ccc21)C(C)(F)CO. The van der Waals surface area contributed by atoms with Gasteiger partial charge in [-0.15, -0.1) is 0 Å². The second-order valence-electron chi connectivity index (χ2n) is 7.97. The molecule has 9 heteroatoms. The van der Waals surface area contributed by atoms with Crippen LogP contribution in [-0.4, -0.2) is 30.6 Å². The van der Waals surface area contributed by atoms with Crippen LogP contribution in [0, 0.1) is 0 Å². The van der Waals surface area contributed by atoms with Crippen molar-refractivity contribution in [3.63, 3.8) is 0 Å². The molecule has 0 fully saturated rings. The Kier molecular flexibility index (Phi) is 7.65. The zero-order valence-corrected chi connectivity index (χ0v) is 19.8. The van der Waals surface area contributed by atoms with Crippen LogP contribution in [0.2, 0.25) is 5.02 Å². The average molecular weight is 500 g/mol. The first-order chi connectivity index (χ1) is 16.0. The van der Waals surface area contributed by atoms with Gasteiger partial charge in [-0.2, -0.15) is 13.2 Å². The van der Waals surface area contributed by atoms with Gasteiger partial charge in [0, 0.05) is 16.8 Å². The molecule has 1 aliphatic heterocycles. The maximum absolute atomic E-state index is 15.1. The van der Waals surface area contributed by atoms with Crippen molar-refractivity contribution >= 4 is 17.3 Å². The number of fused-ring (bicyclic) bond motifs is 1. The van der Waals surface area contributed by atoms with Gasteiger partial charge in [-0.25, -0.2) is 4.39 Å². The molecular formula is C25H26ClF4NO3. The number of nitrogens with zero attached hydrogens (tertiary/aromatic N) is 1. The maximum Gasteiger partial charge on any atom is 0.416 e. The van der Waals surface area contributed by atoms with E-state index in [4.69, 9.17) is 21.1 Å². The second kappa shape index (κ2) is 9.98.